The number of likely N-dealkylation sites (tertiary alicyclic amines) is 1. The van der Waals surface area contributed by atoms with E-state index in [0.29, 0.717) is 52.1 Å². The van der Waals surface area contributed by atoms with Gasteiger partial charge in [0.2, 0.25) is 0 Å². The lowest BCUT2D eigenvalue weighted by Gasteiger charge is -2.21. The molecule has 5 rings (SSSR count). The summed E-state index contributed by atoms with van der Waals surface area (Å²) in [4.78, 5) is 15.5. The molecule has 1 aromatic carbocycles. The van der Waals surface area contributed by atoms with Crippen molar-refractivity contribution in [3.8, 4) is 11.5 Å². The summed E-state index contributed by atoms with van der Waals surface area (Å²) in [5.41, 5.74) is 6.07. The van der Waals surface area contributed by atoms with Crippen LogP contribution in [0.2, 0.25) is 0 Å². The number of nitrogen functional groups attached to an aromatic ring is 1. The molecule has 37 heavy (non-hydrogen) atoms. The molecule has 1 spiro atoms. The summed E-state index contributed by atoms with van der Waals surface area (Å²) >= 11 is 0. The van der Waals surface area contributed by atoms with Crippen LogP contribution in [0.25, 0.3) is 10.9 Å². The average molecular weight is 517 g/mol. The molecule has 3 heterocycles. The van der Waals surface area contributed by atoms with E-state index in [1.807, 2.05) is 6.07 Å². The first-order valence-electron chi connectivity index (χ1n) is 12.3. The Kier molecular flexibility index (Phi) is 6.29. The van der Waals surface area contributed by atoms with Crippen LogP contribution in [-0.2, 0) is 6.18 Å². The van der Waals surface area contributed by atoms with Gasteiger partial charge in [0.25, 0.3) is 0 Å². The lowest BCUT2D eigenvalue weighted by atomic mass is 10.0. The molecule has 2 atom stereocenters. The highest BCUT2D eigenvalue weighted by atomic mass is 19.4. The first-order chi connectivity index (χ1) is 17.5. The van der Waals surface area contributed by atoms with Crippen molar-refractivity contribution in [3.05, 3.63) is 41.3 Å². The minimum atomic E-state index is -4.53. The maximum absolute atomic E-state index is 13.3. The van der Waals surface area contributed by atoms with E-state index in [1.165, 1.54) is 12.8 Å². The number of alkyl halides is 3. The number of likely N-dealkylation sites (N-methyl/N-ethyl adjacent to an activating group) is 1. The molecule has 198 valence electrons. The Labute approximate surface area is 213 Å². The zero-order valence-corrected chi connectivity index (χ0v) is 21.3. The molecule has 2 fully saturated rings. The van der Waals surface area contributed by atoms with Gasteiger partial charge in [0.05, 0.1) is 29.9 Å². The third kappa shape index (κ3) is 5.22. The molecular formula is C26H31F3N6O2. The van der Waals surface area contributed by atoms with Crippen molar-refractivity contribution in [1.82, 2.24) is 19.9 Å². The third-order valence-electron chi connectivity index (χ3n) is 7.35. The SMILES string of the molecule is COc1cc2nc(C)nc(N[C@H](C)c3cc(C(F)(F)F)cc(N)n3)c2cc1OC[C@@H]1CC2(CC2)CN1C. The quantitative estimate of drug-likeness (QED) is 0.454. The molecule has 1 saturated heterocycles. The number of anilines is 2. The number of aromatic nitrogens is 3. The Hall–Kier alpha value is -3.34. The van der Waals surface area contributed by atoms with Gasteiger partial charge >= 0.3 is 6.18 Å². The van der Waals surface area contributed by atoms with Gasteiger partial charge in [-0.05, 0) is 63.8 Å². The predicted molar refractivity (Wildman–Crippen MR) is 135 cm³/mol. The zero-order chi connectivity index (χ0) is 26.5. The second-order valence-electron chi connectivity index (χ2n) is 10.3. The Morgan fingerprint density at radius 1 is 1.16 bits per heavy atom. The third-order valence-corrected chi connectivity index (χ3v) is 7.35. The van der Waals surface area contributed by atoms with Crippen molar-refractivity contribution in [3.63, 3.8) is 0 Å². The van der Waals surface area contributed by atoms with E-state index in [9.17, 15) is 13.2 Å². The molecule has 2 aromatic heterocycles. The fourth-order valence-electron chi connectivity index (χ4n) is 5.16. The average Bonchev–Trinajstić information content (AvgIpc) is 3.50. The molecule has 0 bridgehead atoms. The highest BCUT2D eigenvalue weighted by Gasteiger charge is 2.50. The Balaban J connectivity index is 1.44. The second-order valence-corrected chi connectivity index (χ2v) is 10.3. The minimum absolute atomic E-state index is 0.153. The summed E-state index contributed by atoms with van der Waals surface area (Å²) in [5.74, 6) is 1.86. The number of nitrogens with two attached hydrogens (primary N) is 1. The van der Waals surface area contributed by atoms with Gasteiger partial charge in [0.1, 0.15) is 24.1 Å². The van der Waals surface area contributed by atoms with Crippen LogP contribution >= 0.6 is 0 Å². The maximum atomic E-state index is 13.3. The monoisotopic (exact) mass is 516 g/mol. The van der Waals surface area contributed by atoms with Gasteiger partial charge in [-0.1, -0.05) is 0 Å². The molecule has 11 heteroatoms. The number of hydrogen-bond acceptors (Lipinski definition) is 8. The fraction of sp³-hybridized carbons (Fsp3) is 0.500. The number of nitrogens with one attached hydrogen (secondary N) is 1. The van der Waals surface area contributed by atoms with E-state index < -0.39 is 17.8 Å². The van der Waals surface area contributed by atoms with Gasteiger partial charge in [-0.3, -0.25) is 4.90 Å². The van der Waals surface area contributed by atoms with Crippen LogP contribution in [0.5, 0.6) is 11.5 Å². The Morgan fingerprint density at radius 2 is 1.92 bits per heavy atom. The topological polar surface area (TPSA) is 98.4 Å². The van der Waals surface area contributed by atoms with Gasteiger partial charge < -0.3 is 20.5 Å². The van der Waals surface area contributed by atoms with Crippen molar-refractivity contribution in [2.75, 3.05) is 38.4 Å². The molecule has 0 amide bonds. The normalized spacial score (nSPS) is 19.8. The summed E-state index contributed by atoms with van der Waals surface area (Å²) in [7, 11) is 3.71. The zero-order valence-electron chi connectivity index (χ0n) is 21.3. The van der Waals surface area contributed by atoms with Gasteiger partial charge in [-0.15, -0.1) is 0 Å². The highest BCUT2D eigenvalue weighted by molar-refractivity contribution is 5.92. The number of halogens is 3. The summed E-state index contributed by atoms with van der Waals surface area (Å²) < 4.78 is 51.8. The number of hydrogen-bond donors (Lipinski definition) is 2. The number of benzene rings is 1. The number of aryl methyl sites for hydroxylation is 1. The maximum Gasteiger partial charge on any atom is 0.416 e. The molecule has 2 aliphatic rings. The van der Waals surface area contributed by atoms with E-state index in [4.69, 9.17) is 15.2 Å². The lowest BCUT2D eigenvalue weighted by Crippen LogP contribution is -2.30. The molecule has 3 N–H and O–H groups in total. The molecule has 1 saturated carbocycles. The van der Waals surface area contributed by atoms with Gasteiger partial charge in [0, 0.05) is 24.0 Å². The number of fused-ring (bicyclic) bond motifs is 1. The number of ether oxygens (including phenoxy) is 2. The van der Waals surface area contributed by atoms with Crippen LogP contribution in [0.1, 0.15) is 49.3 Å². The molecular weight excluding hydrogens is 485 g/mol. The van der Waals surface area contributed by atoms with Gasteiger partial charge in [0.15, 0.2) is 11.5 Å². The van der Waals surface area contributed by atoms with E-state index in [2.05, 4.69) is 32.2 Å². The molecule has 3 aromatic rings. The van der Waals surface area contributed by atoms with E-state index >= 15 is 0 Å². The van der Waals surface area contributed by atoms with Crippen molar-refractivity contribution in [2.24, 2.45) is 5.41 Å². The molecule has 1 aliphatic heterocycles. The number of methoxy groups -OCH3 is 1. The van der Waals surface area contributed by atoms with Gasteiger partial charge in [-0.25, -0.2) is 15.0 Å². The van der Waals surface area contributed by atoms with Crippen molar-refractivity contribution in [2.45, 2.75) is 51.4 Å². The largest absolute Gasteiger partial charge is 0.493 e. The minimum Gasteiger partial charge on any atom is -0.493 e. The van der Waals surface area contributed by atoms with Crippen LogP contribution in [-0.4, -0.2) is 53.2 Å². The van der Waals surface area contributed by atoms with Crippen LogP contribution in [0.4, 0.5) is 24.8 Å². The smallest absolute Gasteiger partial charge is 0.416 e. The Bertz CT molecular complexity index is 1330. The predicted octanol–water partition coefficient (Wildman–Crippen LogP) is 4.98. The summed E-state index contributed by atoms with van der Waals surface area (Å²) in [6.45, 7) is 5.08. The molecule has 0 unspecified atom stereocenters. The van der Waals surface area contributed by atoms with Crippen molar-refractivity contribution < 1.29 is 22.6 Å². The standard InChI is InChI=1S/C26H31F3N6O2/c1-14(19-7-16(26(27,28)29)8-23(30)34-19)31-24-18-9-22(21(36-4)10-20(18)32-15(2)33-24)37-12-17-11-25(5-6-25)13-35(17)3/h7-10,14,17H,5-6,11-13H2,1-4H3,(H2,30,34)(H,31,32,33)/t14-,17+/m1/s1. The first kappa shape index (κ1) is 25.3. The van der Waals surface area contributed by atoms with Crippen LogP contribution < -0.4 is 20.5 Å². The molecule has 8 nitrogen and oxygen atoms in total. The number of nitrogens with zero attached hydrogens (tertiary/aromatic N) is 4. The van der Waals surface area contributed by atoms with Crippen molar-refractivity contribution >= 4 is 22.5 Å². The molecule has 0 radical (unpaired) electrons. The van der Waals surface area contributed by atoms with Crippen molar-refractivity contribution in [1.29, 1.82) is 0 Å². The number of rotatable bonds is 7. The van der Waals surface area contributed by atoms with E-state index in [0.717, 1.165) is 25.1 Å². The summed E-state index contributed by atoms with van der Waals surface area (Å²) in [6.07, 6.45) is -0.842. The fourth-order valence-corrected chi connectivity index (χ4v) is 5.16. The summed E-state index contributed by atoms with van der Waals surface area (Å²) in [6, 6.07) is 5.13. The second kappa shape index (κ2) is 9.20. The van der Waals surface area contributed by atoms with Crippen LogP contribution in [0, 0.1) is 12.3 Å². The van der Waals surface area contributed by atoms with Crippen LogP contribution in [0.3, 0.4) is 0 Å². The lowest BCUT2D eigenvalue weighted by molar-refractivity contribution is -0.137. The van der Waals surface area contributed by atoms with E-state index in [-0.39, 0.29) is 11.5 Å². The number of pyridine rings is 1. The van der Waals surface area contributed by atoms with E-state index in [1.54, 1.807) is 27.0 Å². The molecule has 1 aliphatic carbocycles. The van der Waals surface area contributed by atoms with Crippen LogP contribution in [0.15, 0.2) is 24.3 Å². The van der Waals surface area contributed by atoms with Gasteiger partial charge in [-0.2, -0.15) is 13.2 Å². The Morgan fingerprint density at radius 3 is 2.57 bits per heavy atom. The highest BCUT2D eigenvalue weighted by Crippen LogP contribution is 2.54. The summed E-state index contributed by atoms with van der Waals surface area (Å²) in [5, 5.41) is 3.85. The first-order valence-corrected chi connectivity index (χ1v) is 12.3.